The van der Waals surface area contributed by atoms with Gasteiger partial charge in [-0.05, 0) is 33.2 Å². The van der Waals surface area contributed by atoms with Crippen LogP contribution in [0.1, 0.15) is 39.5 Å². The van der Waals surface area contributed by atoms with E-state index < -0.39 is 0 Å². The molecule has 0 aromatic heterocycles. The number of hydrogen-bond acceptors (Lipinski definition) is 3. The number of carbonyl (C=O) groups is 2. The number of nitrogens with zero attached hydrogens (tertiary/aromatic N) is 1. The van der Waals surface area contributed by atoms with Gasteiger partial charge in [0.2, 0.25) is 11.8 Å². The van der Waals surface area contributed by atoms with E-state index in [9.17, 15) is 9.59 Å². The monoisotopic (exact) mass is 291 g/mol. The average molecular weight is 292 g/mol. The van der Waals surface area contributed by atoms with Gasteiger partial charge in [-0.25, -0.2) is 0 Å². The highest BCUT2D eigenvalue weighted by atomic mass is 35.5. The van der Waals surface area contributed by atoms with Crippen LogP contribution in [0, 0.1) is 0 Å². The molecule has 1 rings (SSSR count). The predicted octanol–water partition coefficient (Wildman–Crippen LogP) is 0.925. The molecule has 0 spiro atoms. The molecule has 0 saturated carbocycles. The first-order valence-corrected chi connectivity index (χ1v) is 6.95. The van der Waals surface area contributed by atoms with E-state index in [0.717, 1.165) is 13.0 Å². The van der Waals surface area contributed by atoms with Crippen molar-refractivity contribution in [2.45, 2.75) is 45.6 Å². The van der Waals surface area contributed by atoms with Crippen LogP contribution in [0.4, 0.5) is 0 Å². The van der Waals surface area contributed by atoms with E-state index in [1.165, 1.54) is 6.42 Å². The predicted molar refractivity (Wildman–Crippen MR) is 78.4 cm³/mol. The summed E-state index contributed by atoms with van der Waals surface area (Å²) in [5.41, 5.74) is 0. The molecular formula is C13H26ClN3O2. The fourth-order valence-corrected chi connectivity index (χ4v) is 2.21. The molecule has 0 aromatic carbocycles. The van der Waals surface area contributed by atoms with E-state index in [-0.39, 0.29) is 24.2 Å². The molecule has 2 N–H and O–H groups in total. The Morgan fingerprint density at radius 2 is 1.95 bits per heavy atom. The molecule has 1 aliphatic heterocycles. The summed E-state index contributed by atoms with van der Waals surface area (Å²) in [4.78, 5) is 25.1. The van der Waals surface area contributed by atoms with Gasteiger partial charge in [-0.2, -0.15) is 0 Å². The van der Waals surface area contributed by atoms with Gasteiger partial charge in [0.05, 0.1) is 0 Å². The summed E-state index contributed by atoms with van der Waals surface area (Å²) >= 11 is 0. The van der Waals surface area contributed by atoms with Gasteiger partial charge in [0.25, 0.3) is 0 Å². The van der Waals surface area contributed by atoms with Crippen LogP contribution in [-0.4, -0.2) is 48.9 Å². The molecule has 0 radical (unpaired) electrons. The van der Waals surface area contributed by atoms with Crippen LogP contribution < -0.4 is 10.6 Å². The standard InChI is InChI=1S/C13H25N3O2.ClH/c1-3-16(4-2)13(18)8-7-12(17)15-10-11-6-5-9-14-11;/h11,14H,3-10H2,1-2H3,(H,15,17);1H. The Bertz CT molecular complexity index is 277. The van der Waals surface area contributed by atoms with Gasteiger partial charge in [0.1, 0.15) is 0 Å². The van der Waals surface area contributed by atoms with Gasteiger partial charge in [0.15, 0.2) is 0 Å². The van der Waals surface area contributed by atoms with Gasteiger partial charge < -0.3 is 15.5 Å². The number of carbonyl (C=O) groups excluding carboxylic acids is 2. The van der Waals surface area contributed by atoms with Crippen molar-refractivity contribution in [1.82, 2.24) is 15.5 Å². The Morgan fingerprint density at radius 3 is 2.47 bits per heavy atom. The molecule has 1 atom stereocenters. The van der Waals surface area contributed by atoms with E-state index in [0.29, 0.717) is 38.5 Å². The molecule has 5 nitrogen and oxygen atoms in total. The fraction of sp³-hybridized carbons (Fsp3) is 0.846. The van der Waals surface area contributed by atoms with Crippen molar-refractivity contribution in [3.8, 4) is 0 Å². The molecule has 0 bridgehead atoms. The Morgan fingerprint density at radius 1 is 1.26 bits per heavy atom. The fourth-order valence-electron chi connectivity index (χ4n) is 2.21. The average Bonchev–Trinajstić information content (AvgIpc) is 2.88. The molecule has 1 saturated heterocycles. The minimum atomic E-state index is -0.0239. The van der Waals surface area contributed by atoms with Crippen LogP contribution in [0.15, 0.2) is 0 Å². The lowest BCUT2D eigenvalue weighted by Gasteiger charge is -2.18. The van der Waals surface area contributed by atoms with Crippen LogP contribution in [0.2, 0.25) is 0 Å². The zero-order chi connectivity index (χ0) is 13.4. The van der Waals surface area contributed by atoms with Crippen molar-refractivity contribution in [1.29, 1.82) is 0 Å². The second-order valence-electron chi connectivity index (χ2n) is 4.66. The summed E-state index contributed by atoms with van der Waals surface area (Å²) < 4.78 is 0. The van der Waals surface area contributed by atoms with E-state index >= 15 is 0 Å². The summed E-state index contributed by atoms with van der Waals surface area (Å²) in [7, 11) is 0. The van der Waals surface area contributed by atoms with Gasteiger partial charge >= 0.3 is 0 Å². The van der Waals surface area contributed by atoms with Crippen molar-refractivity contribution in [3.63, 3.8) is 0 Å². The number of halogens is 1. The highest BCUT2D eigenvalue weighted by Gasteiger charge is 2.16. The molecule has 1 unspecified atom stereocenters. The van der Waals surface area contributed by atoms with Crippen molar-refractivity contribution >= 4 is 24.2 Å². The zero-order valence-corrected chi connectivity index (χ0v) is 12.7. The number of nitrogens with one attached hydrogen (secondary N) is 2. The maximum Gasteiger partial charge on any atom is 0.223 e. The normalized spacial score (nSPS) is 17.7. The molecule has 1 fully saturated rings. The van der Waals surface area contributed by atoms with Gasteiger partial charge in [-0.1, -0.05) is 0 Å². The van der Waals surface area contributed by atoms with Gasteiger partial charge in [0, 0.05) is 38.5 Å². The second kappa shape index (κ2) is 10.0. The van der Waals surface area contributed by atoms with Crippen LogP contribution in [0.5, 0.6) is 0 Å². The first-order valence-electron chi connectivity index (χ1n) is 6.95. The van der Waals surface area contributed by atoms with Crippen molar-refractivity contribution in [2.75, 3.05) is 26.2 Å². The summed E-state index contributed by atoms with van der Waals surface area (Å²) in [5.74, 6) is 0.0401. The number of hydrogen-bond donors (Lipinski definition) is 2. The molecule has 0 aliphatic carbocycles. The van der Waals surface area contributed by atoms with E-state index in [2.05, 4.69) is 10.6 Å². The van der Waals surface area contributed by atoms with E-state index in [1.807, 2.05) is 13.8 Å². The molecule has 1 heterocycles. The SMILES string of the molecule is CCN(CC)C(=O)CCC(=O)NCC1CCCN1.Cl. The molecule has 1 aliphatic rings. The molecule has 0 aromatic rings. The smallest absolute Gasteiger partial charge is 0.223 e. The lowest BCUT2D eigenvalue weighted by molar-refractivity contribution is -0.133. The largest absolute Gasteiger partial charge is 0.355 e. The first kappa shape index (κ1) is 18.2. The number of amides is 2. The summed E-state index contributed by atoms with van der Waals surface area (Å²) in [5, 5.41) is 6.21. The van der Waals surface area contributed by atoms with E-state index in [4.69, 9.17) is 0 Å². The Labute approximate surface area is 121 Å². The lowest BCUT2D eigenvalue weighted by Crippen LogP contribution is -2.38. The topological polar surface area (TPSA) is 61.4 Å². The minimum Gasteiger partial charge on any atom is -0.355 e. The summed E-state index contributed by atoms with van der Waals surface area (Å²) in [6.45, 7) is 7.05. The van der Waals surface area contributed by atoms with Gasteiger partial charge in [-0.3, -0.25) is 9.59 Å². The van der Waals surface area contributed by atoms with Crippen molar-refractivity contribution in [2.24, 2.45) is 0 Å². The third-order valence-corrected chi connectivity index (χ3v) is 3.39. The third kappa shape index (κ3) is 6.78. The lowest BCUT2D eigenvalue weighted by atomic mass is 10.2. The number of rotatable bonds is 7. The summed E-state index contributed by atoms with van der Waals surface area (Å²) in [6.07, 6.45) is 2.91. The Hall–Kier alpha value is -0.810. The molecule has 19 heavy (non-hydrogen) atoms. The maximum atomic E-state index is 11.7. The van der Waals surface area contributed by atoms with Crippen LogP contribution in [0.25, 0.3) is 0 Å². The van der Waals surface area contributed by atoms with E-state index in [1.54, 1.807) is 4.90 Å². The molecule has 2 amide bonds. The Kier molecular flexibility index (Phi) is 9.61. The van der Waals surface area contributed by atoms with Crippen LogP contribution in [0.3, 0.4) is 0 Å². The zero-order valence-electron chi connectivity index (χ0n) is 11.9. The van der Waals surface area contributed by atoms with Crippen molar-refractivity contribution < 1.29 is 9.59 Å². The first-order chi connectivity index (χ1) is 8.67. The third-order valence-electron chi connectivity index (χ3n) is 3.39. The van der Waals surface area contributed by atoms with Crippen LogP contribution >= 0.6 is 12.4 Å². The van der Waals surface area contributed by atoms with Crippen LogP contribution in [-0.2, 0) is 9.59 Å². The maximum absolute atomic E-state index is 11.7. The molecular weight excluding hydrogens is 266 g/mol. The Balaban J connectivity index is 0.00000324. The molecule has 112 valence electrons. The summed E-state index contributed by atoms with van der Waals surface area (Å²) in [6, 6.07) is 0.410. The van der Waals surface area contributed by atoms with Crippen molar-refractivity contribution in [3.05, 3.63) is 0 Å². The van der Waals surface area contributed by atoms with Gasteiger partial charge in [-0.15, -0.1) is 12.4 Å². The highest BCUT2D eigenvalue weighted by Crippen LogP contribution is 2.03. The molecule has 6 heteroatoms. The quantitative estimate of drug-likeness (QED) is 0.733. The highest BCUT2D eigenvalue weighted by molar-refractivity contribution is 5.85. The minimum absolute atomic E-state index is 0. The second-order valence-corrected chi connectivity index (χ2v) is 4.66.